The maximum atomic E-state index is 13.1. The Bertz CT molecular complexity index is 921. The average molecular weight is 402 g/mol. The lowest BCUT2D eigenvalue weighted by atomic mass is 10.2. The number of piperazine rings is 1. The van der Waals surface area contributed by atoms with Gasteiger partial charge in [0.05, 0.1) is 4.91 Å². The Hall–Kier alpha value is -2.31. The second-order valence-corrected chi connectivity index (χ2v) is 7.70. The van der Waals surface area contributed by atoms with Crippen LogP contribution in [0.4, 0.5) is 10.1 Å². The van der Waals surface area contributed by atoms with Crippen LogP contribution in [0.2, 0.25) is 5.02 Å². The summed E-state index contributed by atoms with van der Waals surface area (Å²) in [7, 11) is 0. The van der Waals surface area contributed by atoms with Crippen molar-refractivity contribution in [2.45, 2.75) is 0 Å². The number of aliphatic imine (C=N–C) groups is 1. The predicted molar refractivity (Wildman–Crippen MR) is 110 cm³/mol. The van der Waals surface area contributed by atoms with Crippen molar-refractivity contribution in [3.8, 4) is 0 Å². The molecule has 0 saturated carbocycles. The molecule has 1 saturated heterocycles. The van der Waals surface area contributed by atoms with E-state index in [4.69, 9.17) is 11.6 Å². The minimum Gasteiger partial charge on any atom is -0.368 e. The van der Waals surface area contributed by atoms with Crippen molar-refractivity contribution < 1.29 is 9.18 Å². The lowest BCUT2D eigenvalue weighted by Crippen LogP contribution is -2.47. The van der Waals surface area contributed by atoms with Crippen molar-refractivity contribution in [1.82, 2.24) is 4.90 Å². The molecule has 2 aliphatic heterocycles. The van der Waals surface area contributed by atoms with Gasteiger partial charge in [0.2, 0.25) is 0 Å². The summed E-state index contributed by atoms with van der Waals surface area (Å²) >= 11 is 7.57. The molecule has 0 bridgehead atoms. The highest BCUT2D eigenvalue weighted by Crippen LogP contribution is 2.32. The van der Waals surface area contributed by atoms with Crippen molar-refractivity contribution in [2.75, 3.05) is 31.1 Å². The number of anilines is 1. The van der Waals surface area contributed by atoms with Gasteiger partial charge in [0, 0.05) is 36.9 Å². The SMILES string of the molecule is O=C1N=C(N2CCN(c3ccc(F)cc3)CC2)S/C1=C/c1ccccc1Cl. The van der Waals surface area contributed by atoms with Crippen LogP contribution in [0, 0.1) is 5.82 Å². The molecule has 0 N–H and O–H groups in total. The van der Waals surface area contributed by atoms with Crippen LogP contribution < -0.4 is 4.90 Å². The lowest BCUT2D eigenvalue weighted by molar-refractivity contribution is -0.113. The maximum absolute atomic E-state index is 13.1. The van der Waals surface area contributed by atoms with E-state index in [1.54, 1.807) is 24.3 Å². The molecule has 1 fully saturated rings. The number of hydrogen-bond acceptors (Lipinski definition) is 4. The first-order chi connectivity index (χ1) is 13.1. The molecule has 0 atom stereocenters. The average Bonchev–Trinajstić information content (AvgIpc) is 3.05. The lowest BCUT2D eigenvalue weighted by Gasteiger charge is -2.36. The largest absolute Gasteiger partial charge is 0.368 e. The second-order valence-electron chi connectivity index (χ2n) is 6.28. The third-order valence-electron chi connectivity index (χ3n) is 4.54. The zero-order chi connectivity index (χ0) is 18.8. The summed E-state index contributed by atoms with van der Waals surface area (Å²) in [5, 5.41) is 1.34. The minimum atomic E-state index is -0.231. The number of thioether (sulfide) groups is 1. The summed E-state index contributed by atoms with van der Waals surface area (Å²) in [6.07, 6.45) is 1.79. The topological polar surface area (TPSA) is 35.9 Å². The maximum Gasteiger partial charge on any atom is 0.286 e. The molecular weight excluding hydrogens is 385 g/mol. The van der Waals surface area contributed by atoms with Crippen LogP contribution in [0.15, 0.2) is 58.4 Å². The molecule has 2 aromatic carbocycles. The standard InChI is InChI=1S/C20H17ClFN3OS/c21-17-4-2-1-3-14(17)13-18-19(26)23-20(27-18)25-11-9-24(10-12-25)16-7-5-15(22)6-8-16/h1-8,13H,9-12H2/b18-13+. The molecule has 4 nitrogen and oxygen atoms in total. The molecule has 0 unspecified atom stereocenters. The van der Waals surface area contributed by atoms with Gasteiger partial charge in [-0.3, -0.25) is 4.79 Å². The van der Waals surface area contributed by atoms with Crippen LogP contribution in [0.25, 0.3) is 6.08 Å². The van der Waals surface area contributed by atoms with Crippen LogP contribution in [0.1, 0.15) is 5.56 Å². The number of nitrogens with zero attached hydrogens (tertiary/aromatic N) is 3. The van der Waals surface area contributed by atoms with Crippen molar-refractivity contribution in [3.63, 3.8) is 0 Å². The molecule has 0 aromatic heterocycles. The Morgan fingerprint density at radius 1 is 1.00 bits per heavy atom. The Kier molecular flexibility index (Phi) is 5.18. The van der Waals surface area contributed by atoms with E-state index in [1.165, 1.54) is 23.9 Å². The monoisotopic (exact) mass is 401 g/mol. The number of rotatable bonds is 2. The summed E-state index contributed by atoms with van der Waals surface area (Å²) in [4.78, 5) is 21.4. The molecule has 0 radical (unpaired) electrons. The zero-order valence-corrected chi connectivity index (χ0v) is 16.0. The highest BCUT2D eigenvalue weighted by Gasteiger charge is 2.28. The van der Waals surface area contributed by atoms with Gasteiger partial charge in [-0.15, -0.1) is 0 Å². The third kappa shape index (κ3) is 4.01. The summed E-state index contributed by atoms with van der Waals surface area (Å²) in [6.45, 7) is 3.11. The van der Waals surface area contributed by atoms with E-state index in [2.05, 4.69) is 14.8 Å². The van der Waals surface area contributed by atoms with E-state index in [9.17, 15) is 9.18 Å². The van der Waals surface area contributed by atoms with Crippen molar-refractivity contribution in [1.29, 1.82) is 0 Å². The molecule has 138 valence electrons. The summed E-state index contributed by atoms with van der Waals surface area (Å²) in [5.74, 6) is -0.457. The van der Waals surface area contributed by atoms with Gasteiger partial charge in [-0.1, -0.05) is 29.8 Å². The van der Waals surface area contributed by atoms with Gasteiger partial charge in [0.15, 0.2) is 5.17 Å². The predicted octanol–water partition coefficient (Wildman–Crippen LogP) is 4.27. The van der Waals surface area contributed by atoms with Gasteiger partial charge in [0.1, 0.15) is 5.82 Å². The Morgan fingerprint density at radius 2 is 1.67 bits per heavy atom. The highest BCUT2D eigenvalue weighted by atomic mass is 35.5. The first-order valence-corrected chi connectivity index (χ1v) is 9.82. The molecule has 27 heavy (non-hydrogen) atoms. The molecule has 0 spiro atoms. The highest BCUT2D eigenvalue weighted by molar-refractivity contribution is 8.18. The van der Waals surface area contributed by atoms with Crippen LogP contribution in [-0.2, 0) is 4.79 Å². The number of amidine groups is 1. The van der Waals surface area contributed by atoms with Crippen LogP contribution in [0.3, 0.4) is 0 Å². The quantitative estimate of drug-likeness (QED) is 0.704. The van der Waals surface area contributed by atoms with E-state index in [0.717, 1.165) is 42.6 Å². The molecule has 7 heteroatoms. The van der Waals surface area contributed by atoms with Crippen LogP contribution in [-0.4, -0.2) is 42.2 Å². The summed E-state index contributed by atoms with van der Waals surface area (Å²) in [5.41, 5.74) is 1.82. The van der Waals surface area contributed by atoms with E-state index >= 15 is 0 Å². The molecule has 0 aliphatic carbocycles. The number of amides is 1. The van der Waals surface area contributed by atoms with Gasteiger partial charge in [-0.2, -0.15) is 4.99 Å². The summed E-state index contributed by atoms with van der Waals surface area (Å²) < 4.78 is 13.1. The van der Waals surface area contributed by atoms with Crippen molar-refractivity contribution in [3.05, 3.63) is 69.8 Å². The van der Waals surface area contributed by atoms with Gasteiger partial charge < -0.3 is 9.80 Å². The zero-order valence-electron chi connectivity index (χ0n) is 14.4. The van der Waals surface area contributed by atoms with Crippen LogP contribution in [0.5, 0.6) is 0 Å². The Balaban J connectivity index is 1.41. The number of benzene rings is 2. The molecular formula is C20H17ClFN3OS. The Morgan fingerprint density at radius 3 is 2.37 bits per heavy atom. The van der Waals surface area contributed by atoms with E-state index in [-0.39, 0.29) is 11.7 Å². The fourth-order valence-electron chi connectivity index (χ4n) is 3.07. The first kappa shape index (κ1) is 18.1. The van der Waals surface area contributed by atoms with Gasteiger partial charge in [-0.05, 0) is 53.7 Å². The number of halogens is 2. The smallest absolute Gasteiger partial charge is 0.286 e. The number of carbonyl (C=O) groups is 1. The van der Waals surface area contributed by atoms with Crippen LogP contribution >= 0.6 is 23.4 Å². The second kappa shape index (κ2) is 7.74. The van der Waals surface area contributed by atoms with E-state index in [0.29, 0.717) is 9.93 Å². The van der Waals surface area contributed by atoms with E-state index in [1.807, 2.05) is 18.2 Å². The number of hydrogen-bond donors (Lipinski definition) is 0. The Labute approximate surface area is 166 Å². The molecule has 2 aromatic rings. The minimum absolute atomic E-state index is 0.226. The van der Waals surface area contributed by atoms with Gasteiger partial charge >= 0.3 is 0 Å². The van der Waals surface area contributed by atoms with Crippen molar-refractivity contribution >= 4 is 46.2 Å². The molecule has 2 aliphatic rings. The first-order valence-electron chi connectivity index (χ1n) is 8.63. The fourth-order valence-corrected chi connectivity index (χ4v) is 4.22. The molecule has 4 rings (SSSR count). The van der Waals surface area contributed by atoms with Gasteiger partial charge in [0.25, 0.3) is 5.91 Å². The fraction of sp³-hybridized carbons (Fsp3) is 0.200. The normalized spacial score (nSPS) is 19.0. The third-order valence-corrected chi connectivity index (χ3v) is 5.93. The van der Waals surface area contributed by atoms with E-state index < -0.39 is 0 Å². The molecule has 2 heterocycles. The van der Waals surface area contributed by atoms with Gasteiger partial charge in [-0.25, -0.2) is 4.39 Å². The van der Waals surface area contributed by atoms with Crippen molar-refractivity contribution in [2.24, 2.45) is 4.99 Å². The molecule has 1 amide bonds. The summed E-state index contributed by atoms with van der Waals surface area (Å²) in [6, 6.07) is 14.0. The number of carbonyl (C=O) groups excluding carboxylic acids is 1.